The predicted octanol–water partition coefficient (Wildman–Crippen LogP) is 2.13. The van der Waals surface area contributed by atoms with Crippen molar-refractivity contribution in [3.63, 3.8) is 0 Å². The molecular weight excluding hydrogens is 444 g/mol. The molecule has 0 aliphatic carbocycles. The van der Waals surface area contributed by atoms with Gasteiger partial charge in [-0.05, 0) is 54.3 Å². The SMILES string of the molecule is COc1ccc(-c2cc3c(=O)n(CC(=O)NCCCN4CCc5ccccc5C4)ncn3n2)cc1. The summed E-state index contributed by atoms with van der Waals surface area (Å²) < 4.78 is 7.80. The molecule has 0 bridgehead atoms. The highest BCUT2D eigenvalue weighted by atomic mass is 16.5. The third-order valence-corrected chi connectivity index (χ3v) is 6.35. The molecule has 1 amide bonds. The molecule has 9 nitrogen and oxygen atoms in total. The van der Waals surface area contributed by atoms with E-state index in [4.69, 9.17) is 4.74 Å². The van der Waals surface area contributed by atoms with Crippen LogP contribution in [0.15, 0.2) is 65.7 Å². The number of methoxy groups -OCH3 is 1. The van der Waals surface area contributed by atoms with E-state index >= 15 is 0 Å². The fourth-order valence-electron chi connectivity index (χ4n) is 4.42. The summed E-state index contributed by atoms with van der Waals surface area (Å²) in [7, 11) is 1.61. The van der Waals surface area contributed by atoms with Gasteiger partial charge in [0.05, 0.1) is 12.8 Å². The molecule has 35 heavy (non-hydrogen) atoms. The van der Waals surface area contributed by atoms with Crippen LogP contribution in [-0.4, -0.2) is 56.9 Å². The Labute approximate surface area is 202 Å². The zero-order valence-electron chi connectivity index (χ0n) is 19.7. The van der Waals surface area contributed by atoms with Crippen molar-refractivity contribution in [1.82, 2.24) is 29.6 Å². The van der Waals surface area contributed by atoms with Gasteiger partial charge in [0, 0.05) is 31.7 Å². The molecule has 1 aliphatic rings. The van der Waals surface area contributed by atoms with Crippen LogP contribution in [0.1, 0.15) is 17.5 Å². The maximum absolute atomic E-state index is 12.9. The number of amides is 1. The molecule has 0 saturated heterocycles. The minimum Gasteiger partial charge on any atom is -0.497 e. The summed E-state index contributed by atoms with van der Waals surface area (Å²) in [5.41, 5.74) is 4.33. The lowest BCUT2D eigenvalue weighted by atomic mass is 10.00. The van der Waals surface area contributed by atoms with Gasteiger partial charge in [-0.15, -0.1) is 0 Å². The van der Waals surface area contributed by atoms with Gasteiger partial charge in [0.1, 0.15) is 24.1 Å². The van der Waals surface area contributed by atoms with E-state index in [-0.39, 0.29) is 18.0 Å². The molecule has 9 heteroatoms. The number of rotatable bonds is 8. The summed E-state index contributed by atoms with van der Waals surface area (Å²) in [5.74, 6) is 0.511. The van der Waals surface area contributed by atoms with Gasteiger partial charge in [-0.3, -0.25) is 14.5 Å². The van der Waals surface area contributed by atoms with E-state index in [9.17, 15) is 9.59 Å². The number of nitrogens with one attached hydrogen (secondary N) is 1. The van der Waals surface area contributed by atoms with E-state index in [0.717, 1.165) is 43.8 Å². The molecule has 0 atom stereocenters. The normalized spacial score (nSPS) is 13.5. The molecule has 2 aromatic heterocycles. The number of carbonyl (C=O) groups excluding carboxylic acids is 1. The molecule has 1 N–H and O–H groups in total. The molecule has 0 unspecified atom stereocenters. The number of carbonyl (C=O) groups is 1. The van der Waals surface area contributed by atoms with Crippen LogP contribution < -0.4 is 15.6 Å². The van der Waals surface area contributed by atoms with Crippen molar-refractivity contribution in [2.45, 2.75) is 25.9 Å². The molecule has 0 spiro atoms. The van der Waals surface area contributed by atoms with E-state index in [2.05, 4.69) is 44.7 Å². The maximum Gasteiger partial charge on any atom is 0.293 e. The van der Waals surface area contributed by atoms with Crippen molar-refractivity contribution in [1.29, 1.82) is 0 Å². The van der Waals surface area contributed by atoms with Gasteiger partial charge in [0.15, 0.2) is 0 Å². The number of aromatic nitrogens is 4. The van der Waals surface area contributed by atoms with E-state index in [1.54, 1.807) is 13.2 Å². The second-order valence-corrected chi connectivity index (χ2v) is 8.68. The number of hydrogen-bond acceptors (Lipinski definition) is 6. The van der Waals surface area contributed by atoms with Crippen molar-refractivity contribution in [3.8, 4) is 17.0 Å². The van der Waals surface area contributed by atoms with Crippen LogP contribution in [0.25, 0.3) is 16.8 Å². The van der Waals surface area contributed by atoms with Crippen LogP contribution in [0.5, 0.6) is 5.75 Å². The number of nitrogens with zero attached hydrogens (tertiary/aromatic N) is 5. The Morgan fingerprint density at radius 2 is 1.91 bits per heavy atom. The van der Waals surface area contributed by atoms with Gasteiger partial charge < -0.3 is 10.1 Å². The lowest BCUT2D eigenvalue weighted by molar-refractivity contribution is -0.121. The molecular formula is C26H28N6O3. The Hall–Kier alpha value is -3.98. The third-order valence-electron chi connectivity index (χ3n) is 6.35. The zero-order valence-corrected chi connectivity index (χ0v) is 19.7. The topological polar surface area (TPSA) is 93.8 Å². The van der Waals surface area contributed by atoms with Crippen molar-refractivity contribution in [2.75, 3.05) is 26.7 Å². The molecule has 5 rings (SSSR count). The summed E-state index contributed by atoms with van der Waals surface area (Å²) in [6.07, 6.45) is 3.36. The zero-order chi connectivity index (χ0) is 24.2. The van der Waals surface area contributed by atoms with Crippen molar-refractivity contribution < 1.29 is 9.53 Å². The Kier molecular flexibility index (Phi) is 6.58. The Balaban J connectivity index is 1.15. The number of hydrogen-bond donors (Lipinski definition) is 1. The summed E-state index contributed by atoms with van der Waals surface area (Å²) in [6, 6.07) is 17.7. The van der Waals surface area contributed by atoms with Crippen LogP contribution in [-0.2, 0) is 24.3 Å². The van der Waals surface area contributed by atoms with Gasteiger partial charge >= 0.3 is 0 Å². The Bertz CT molecular complexity index is 1390. The van der Waals surface area contributed by atoms with E-state index in [1.165, 1.54) is 26.7 Å². The lowest BCUT2D eigenvalue weighted by Crippen LogP contribution is -2.36. The third kappa shape index (κ3) is 5.09. The fourth-order valence-corrected chi connectivity index (χ4v) is 4.42. The minimum atomic E-state index is -0.359. The Morgan fingerprint density at radius 1 is 1.11 bits per heavy atom. The quantitative estimate of drug-likeness (QED) is 0.395. The molecule has 0 saturated carbocycles. The number of benzene rings is 2. The molecule has 4 aromatic rings. The van der Waals surface area contributed by atoms with Gasteiger partial charge in [0.2, 0.25) is 5.91 Å². The van der Waals surface area contributed by atoms with Crippen LogP contribution in [0.2, 0.25) is 0 Å². The van der Waals surface area contributed by atoms with Crippen LogP contribution in [0.3, 0.4) is 0 Å². The van der Waals surface area contributed by atoms with Crippen LogP contribution in [0, 0.1) is 0 Å². The first-order valence-corrected chi connectivity index (χ1v) is 11.8. The molecule has 3 heterocycles. The maximum atomic E-state index is 12.9. The Morgan fingerprint density at radius 3 is 2.71 bits per heavy atom. The van der Waals surface area contributed by atoms with E-state index < -0.39 is 0 Å². The molecule has 0 radical (unpaired) electrons. The number of ether oxygens (including phenoxy) is 1. The first-order valence-electron chi connectivity index (χ1n) is 11.8. The fraction of sp³-hybridized carbons (Fsp3) is 0.308. The standard InChI is InChI=1S/C26H28N6O3/c1-35-22-9-7-20(8-10-22)23-15-24-26(34)31(28-18-32(24)29-23)17-25(33)27-12-4-13-30-14-11-19-5-2-3-6-21(19)16-30/h2-3,5-10,15,18H,4,11-14,16-17H2,1H3,(H,27,33). The second-order valence-electron chi connectivity index (χ2n) is 8.68. The molecule has 180 valence electrons. The van der Waals surface area contributed by atoms with Crippen molar-refractivity contribution >= 4 is 11.4 Å². The van der Waals surface area contributed by atoms with Gasteiger partial charge in [-0.2, -0.15) is 10.2 Å². The van der Waals surface area contributed by atoms with E-state index in [1.807, 2.05) is 24.3 Å². The molecule has 1 aliphatic heterocycles. The highest BCUT2D eigenvalue weighted by molar-refractivity contribution is 5.75. The average molecular weight is 473 g/mol. The summed E-state index contributed by atoms with van der Waals surface area (Å²) >= 11 is 0. The highest BCUT2D eigenvalue weighted by Gasteiger charge is 2.16. The van der Waals surface area contributed by atoms with Crippen molar-refractivity contribution in [2.24, 2.45) is 0 Å². The lowest BCUT2D eigenvalue weighted by Gasteiger charge is -2.28. The van der Waals surface area contributed by atoms with Gasteiger partial charge in [-0.25, -0.2) is 9.20 Å². The smallest absolute Gasteiger partial charge is 0.293 e. The predicted molar refractivity (Wildman–Crippen MR) is 132 cm³/mol. The van der Waals surface area contributed by atoms with Crippen LogP contribution in [0.4, 0.5) is 0 Å². The molecule has 0 fully saturated rings. The van der Waals surface area contributed by atoms with Gasteiger partial charge in [0.25, 0.3) is 5.56 Å². The first kappa shape index (κ1) is 22.8. The van der Waals surface area contributed by atoms with Gasteiger partial charge in [-0.1, -0.05) is 24.3 Å². The van der Waals surface area contributed by atoms with Crippen LogP contribution >= 0.6 is 0 Å². The summed E-state index contributed by atoms with van der Waals surface area (Å²) in [4.78, 5) is 27.7. The second kappa shape index (κ2) is 10.1. The summed E-state index contributed by atoms with van der Waals surface area (Å²) in [5, 5.41) is 11.5. The average Bonchev–Trinajstić information content (AvgIpc) is 3.33. The number of fused-ring (bicyclic) bond motifs is 2. The molecule has 2 aromatic carbocycles. The van der Waals surface area contributed by atoms with E-state index in [0.29, 0.717) is 17.8 Å². The van der Waals surface area contributed by atoms with Crippen molar-refractivity contribution in [3.05, 3.63) is 82.4 Å². The monoisotopic (exact) mass is 472 g/mol. The highest BCUT2D eigenvalue weighted by Crippen LogP contribution is 2.21. The largest absolute Gasteiger partial charge is 0.497 e. The minimum absolute atomic E-state index is 0.129. The first-order chi connectivity index (χ1) is 17.1. The summed E-state index contributed by atoms with van der Waals surface area (Å²) in [6.45, 7) is 3.34.